The number of hydrazone groups is 1. The van der Waals surface area contributed by atoms with Crippen LogP contribution in [0, 0.1) is 0 Å². The van der Waals surface area contributed by atoms with Crippen LogP contribution in [-0.2, 0) is 16.1 Å². The third-order valence-electron chi connectivity index (χ3n) is 7.67. The lowest BCUT2D eigenvalue weighted by Crippen LogP contribution is -2.29. The van der Waals surface area contributed by atoms with Crippen LogP contribution < -0.4 is 24.3 Å². The topological polar surface area (TPSA) is 129 Å². The minimum Gasteiger partial charge on any atom is -0.495 e. The average Bonchev–Trinajstić information content (AvgIpc) is 3.92. The number of nitrogens with one attached hydrogen (secondary N) is 1. The summed E-state index contributed by atoms with van der Waals surface area (Å²) in [4.78, 5) is 27.7. The molecule has 2 amide bonds. The summed E-state index contributed by atoms with van der Waals surface area (Å²) in [6, 6.07) is 25.7. The van der Waals surface area contributed by atoms with Gasteiger partial charge in [-0.15, -0.1) is 21.5 Å². The number of carbonyl (C=O) groups is 2. The summed E-state index contributed by atoms with van der Waals surface area (Å²) in [6.07, 6.45) is 0.510. The summed E-state index contributed by atoms with van der Waals surface area (Å²) >= 11 is 2.79. The number of benzene rings is 3. The third-order valence-corrected chi connectivity index (χ3v) is 9.50. The maximum Gasteiger partial charge on any atom is 0.258 e. The van der Waals surface area contributed by atoms with Crippen molar-refractivity contribution >= 4 is 40.6 Å². The summed E-state index contributed by atoms with van der Waals surface area (Å²) in [5.41, 5.74) is 2.27. The number of carbonyl (C=O) groups excluding carboxylic acids is 2. The van der Waals surface area contributed by atoms with Gasteiger partial charge >= 0.3 is 0 Å². The van der Waals surface area contributed by atoms with Gasteiger partial charge in [0.2, 0.25) is 0 Å². The van der Waals surface area contributed by atoms with E-state index < -0.39 is 6.04 Å². The van der Waals surface area contributed by atoms with Crippen LogP contribution in [0.15, 0.2) is 101 Å². The molecule has 0 radical (unpaired) electrons. The standard InChI is InChI=1S/C35H34N6O6S2/c1-44-28-15-8-7-14-26(28)40-31(20-36-32(42)21-47-23-11-5-4-6-12-23)37-38-35(40)49-22-33(43)41-27(19-25(39-41)30-17-10-18-48-30)24-13-9-16-29(45-2)34(24)46-3/h4-18,27H,19-22H2,1-3H3,(H,36,42)/t27-/m0/s1. The fourth-order valence-corrected chi connectivity index (χ4v) is 6.94. The molecule has 3 aromatic carbocycles. The molecule has 3 heterocycles. The van der Waals surface area contributed by atoms with Gasteiger partial charge in [0.15, 0.2) is 29.1 Å². The van der Waals surface area contributed by atoms with E-state index in [2.05, 4.69) is 15.5 Å². The van der Waals surface area contributed by atoms with Gasteiger partial charge in [0.1, 0.15) is 11.5 Å². The number of hydrogen-bond donors (Lipinski definition) is 1. The average molecular weight is 699 g/mol. The normalized spacial score (nSPS) is 13.9. The predicted molar refractivity (Wildman–Crippen MR) is 187 cm³/mol. The van der Waals surface area contributed by atoms with Crippen LogP contribution in [0.3, 0.4) is 0 Å². The van der Waals surface area contributed by atoms with Crippen molar-refractivity contribution in [2.75, 3.05) is 33.7 Å². The van der Waals surface area contributed by atoms with Gasteiger partial charge in [0, 0.05) is 12.0 Å². The monoisotopic (exact) mass is 698 g/mol. The first-order valence-corrected chi connectivity index (χ1v) is 17.2. The third kappa shape index (κ3) is 7.55. The van der Waals surface area contributed by atoms with E-state index in [0.29, 0.717) is 46.1 Å². The van der Waals surface area contributed by atoms with Crippen molar-refractivity contribution < 1.29 is 28.5 Å². The zero-order chi connectivity index (χ0) is 34.2. The highest BCUT2D eigenvalue weighted by atomic mass is 32.2. The van der Waals surface area contributed by atoms with E-state index in [4.69, 9.17) is 24.0 Å². The van der Waals surface area contributed by atoms with Gasteiger partial charge < -0.3 is 24.3 Å². The number of thioether (sulfide) groups is 1. The van der Waals surface area contributed by atoms with Crippen molar-refractivity contribution in [1.82, 2.24) is 25.1 Å². The molecule has 49 heavy (non-hydrogen) atoms. The molecule has 252 valence electrons. The quantitative estimate of drug-likeness (QED) is 0.149. The molecular weight excluding hydrogens is 665 g/mol. The molecule has 0 saturated heterocycles. The van der Waals surface area contributed by atoms with E-state index >= 15 is 0 Å². The van der Waals surface area contributed by atoms with E-state index in [1.807, 2.05) is 78.2 Å². The van der Waals surface area contributed by atoms with E-state index in [1.54, 1.807) is 49.4 Å². The zero-order valence-corrected chi connectivity index (χ0v) is 28.7. The maximum absolute atomic E-state index is 14.0. The Bertz CT molecular complexity index is 1930. The fourth-order valence-electron chi connectivity index (χ4n) is 5.40. The van der Waals surface area contributed by atoms with Crippen LogP contribution in [-0.4, -0.2) is 71.0 Å². The van der Waals surface area contributed by atoms with Crippen LogP contribution in [0.1, 0.15) is 28.7 Å². The number of rotatable bonds is 14. The Morgan fingerprint density at radius 2 is 1.67 bits per heavy atom. The van der Waals surface area contributed by atoms with Crippen molar-refractivity contribution in [2.45, 2.75) is 24.2 Å². The van der Waals surface area contributed by atoms with Crippen molar-refractivity contribution in [1.29, 1.82) is 0 Å². The second kappa shape index (κ2) is 15.7. The molecule has 1 atom stereocenters. The minimum absolute atomic E-state index is 0.00849. The number of nitrogens with zero attached hydrogens (tertiary/aromatic N) is 5. The number of thiophene rings is 1. The Morgan fingerprint density at radius 3 is 2.43 bits per heavy atom. The lowest BCUT2D eigenvalue weighted by molar-refractivity contribution is -0.130. The number of para-hydroxylation sites is 4. The van der Waals surface area contributed by atoms with Crippen LogP contribution in [0.4, 0.5) is 0 Å². The summed E-state index contributed by atoms with van der Waals surface area (Å²) in [7, 11) is 4.74. The molecule has 1 aliphatic rings. The van der Waals surface area contributed by atoms with Gasteiger partial charge in [-0.3, -0.25) is 14.2 Å². The molecule has 1 aliphatic heterocycles. The number of aromatic nitrogens is 3. The zero-order valence-electron chi connectivity index (χ0n) is 27.1. The van der Waals surface area contributed by atoms with Gasteiger partial charge in [-0.25, -0.2) is 5.01 Å². The molecule has 0 fully saturated rings. The smallest absolute Gasteiger partial charge is 0.258 e. The van der Waals surface area contributed by atoms with E-state index in [1.165, 1.54) is 16.8 Å². The Balaban J connectivity index is 1.24. The van der Waals surface area contributed by atoms with Gasteiger partial charge in [0.25, 0.3) is 11.8 Å². The second-order valence-corrected chi connectivity index (χ2v) is 12.5. The Kier molecular flexibility index (Phi) is 10.8. The summed E-state index contributed by atoms with van der Waals surface area (Å²) in [5.74, 6) is 2.20. The molecule has 14 heteroatoms. The Hall–Kier alpha value is -5.34. The first kappa shape index (κ1) is 33.6. The summed E-state index contributed by atoms with van der Waals surface area (Å²) in [6.45, 7) is -0.0964. The molecule has 5 aromatic rings. The second-order valence-electron chi connectivity index (χ2n) is 10.6. The number of amides is 2. The van der Waals surface area contributed by atoms with E-state index in [0.717, 1.165) is 16.2 Å². The lowest BCUT2D eigenvalue weighted by atomic mass is 9.99. The van der Waals surface area contributed by atoms with Crippen LogP contribution in [0.25, 0.3) is 5.69 Å². The Labute approximate surface area is 291 Å². The highest BCUT2D eigenvalue weighted by molar-refractivity contribution is 7.99. The molecule has 0 saturated carbocycles. The van der Waals surface area contributed by atoms with Crippen LogP contribution in [0.2, 0.25) is 0 Å². The highest BCUT2D eigenvalue weighted by Gasteiger charge is 2.36. The van der Waals surface area contributed by atoms with Crippen LogP contribution >= 0.6 is 23.1 Å². The molecule has 2 aromatic heterocycles. The summed E-state index contributed by atoms with van der Waals surface area (Å²) < 4.78 is 24.3. The van der Waals surface area contributed by atoms with Crippen molar-refractivity contribution in [3.05, 3.63) is 107 Å². The predicted octanol–water partition coefficient (Wildman–Crippen LogP) is 5.52. The molecule has 0 spiro atoms. The lowest BCUT2D eigenvalue weighted by Gasteiger charge is -2.24. The fraction of sp³-hybridized carbons (Fsp3) is 0.229. The van der Waals surface area contributed by atoms with Crippen LogP contribution in [0.5, 0.6) is 23.0 Å². The molecule has 1 N–H and O–H groups in total. The minimum atomic E-state index is -0.411. The largest absolute Gasteiger partial charge is 0.495 e. The van der Waals surface area contributed by atoms with Crippen molar-refractivity contribution in [3.8, 4) is 28.7 Å². The van der Waals surface area contributed by atoms with E-state index in [-0.39, 0.29) is 30.7 Å². The summed E-state index contributed by atoms with van der Waals surface area (Å²) in [5, 5.41) is 20.4. The molecule has 0 bridgehead atoms. The highest BCUT2D eigenvalue weighted by Crippen LogP contribution is 2.42. The molecule has 6 rings (SSSR count). The van der Waals surface area contributed by atoms with Crippen molar-refractivity contribution in [3.63, 3.8) is 0 Å². The van der Waals surface area contributed by atoms with Crippen molar-refractivity contribution in [2.24, 2.45) is 5.10 Å². The number of hydrogen-bond acceptors (Lipinski definition) is 11. The molecular formula is C35H34N6O6S2. The Morgan fingerprint density at radius 1 is 0.898 bits per heavy atom. The first-order valence-electron chi connectivity index (χ1n) is 15.3. The van der Waals surface area contributed by atoms with E-state index in [9.17, 15) is 9.59 Å². The first-order chi connectivity index (χ1) is 24.0. The van der Waals surface area contributed by atoms with Gasteiger partial charge in [-0.2, -0.15) is 5.10 Å². The van der Waals surface area contributed by atoms with Gasteiger partial charge in [-0.1, -0.05) is 60.3 Å². The molecule has 0 unspecified atom stereocenters. The number of methoxy groups -OCH3 is 3. The maximum atomic E-state index is 14.0. The molecule has 0 aliphatic carbocycles. The van der Waals surface area contributed by atoms with Gasteiger partial charge in [0.05, 0.1) is 55.9 Å². The van der Waals surface area contributed by atoms with Gasteiger partial charge in [-0.05, 0) is 41.8 Å². The SMILES string of the molecule is COc1ccccc1-n1c(CNC(=O)COc2ccccc2)nnc1SCC(=O)N1N=C(c2cccs2)C[C@H]1c1cccc(OC)c1OC. The number of ether oxygens (including phenoxy) is 4. The molecule has 12 nitrogen and oxygen atoms in total.